The van der Waals surface area contributed by atoms with Crippen molar-refractivity contribution in [3.8, 4) is 0 Å². The maximum Gasteiger partial charge on any atom is 0.472 e. The Balaban J connectivity index is 0.000000344. The third kappa shape index (κ3) is 9.96. The van der Waals surface area contributed by atoms with Crippen LogP contribution in [0.15, 0.2) is 12.4 Å². The molecule has 0 spiro atoms. The van der Waals surface area contributed by atoms with Gasteiger partial charge in [-0.15, -0.1) is 0 Å². The van der Waals surface area contributed by atoms with Crippen molar-refractivity contribution in [1.29, 1.82) is 0 Å². The molecule has 1 heterocycles. The van der Waals surface area contributed by atoms with Crippen LogP contribution >= 0.6 is 7.82 Å². The SMILES string of the molecule is CCCCN1C=CN(C)C1.CCOP(=O)(O)OCC. The summed E-state index contributed by atoms with van der Waals surface area (Å²) in [6, 6.07) is 0. The molecule has 0 fully saturated rings. The summed E-state index contributed by atoms with van der Waals surface area (Å²) in [5.74, 6) is 0. The Hall–Kier alpha value is -0.550. The first-order valence-corrected chi connectivity index (χ1v) is 8.19. The Morgan fingerprint density at radius 3 is 2.16 bits per heavy atom. The lowest BCUT2D eigenvalue weighted by atomic mass is 10.3. The smallest absolute Gasteiger partial charge is 0.362 e. The van der Waals surface area contributed by atoms with E-state index >= 15 is 0 Å². The van der Waals surface area contributed by atoms with E-state index in [1.807, 2.05) is 0 Å². The van der Waals surface area contributed by atoms with Crippen LogP contribution in [0.3, 0.4) is 0 Å². The van der Waals surface area contributed by atoms with Crippen molar-refractivity contribution < 1.29 is 18.5 Å². The van der Waals surface area contributed by atoms with Gasteiger partial charge in [0.1, 0.15) is 0 Å². The number of hydrogen-bond donors (Lipinski definition) is 1. The van der Waals surface area contributed by atoms with Gasteiger partial charge in [0, 0.05) is 26.0 Å². The van der Waals surface area contributed by atoms with Crippen LogP contribution in [0, 0.1) is 0 Å². The van der Waals surface area contributed by atoms with Crippen molar-refractivity contribution in [2.75, 3.05) is 33.5 Å². The van der Waals surface area contributed by atoms with Crippen LogP contribution in [0.5, 0.6) is 0 Å². The summed E-state index contributed by atoms with van der Waals surface area (Å²) in [4.78, 5) is 13.2. The fourth-order valence-corrected chi connectivity index (χ4v) is 2.19. The van der Waals surface area contributed by atoms with Crippen molar-refractivity contribution in [2.45, 2.75) is 33.6 Å². The van der Waals surface area contributed by atoms with Gasteiger partial charge in [-0.05, 0) is 20.3 Å². The maximum absolute atomic E-state index is 10.5. The fraction of sp³-hybridized carbons (Fsp3) is 0.833. The molecule has 0 saturated heterocycles. The zero-order valence-corrected chi connectivity index (χ0v) is 13.3. The molecule has 19 heavy (non-hydrogen) atoms. The molecule has 0 atom stereocenters. The van der Waals surface area contributed by atoms with Crippen molar-refractivity contribution in [3.05, 3.63) is 12.4 Å². The molecular formula is C12H27N2O4P. The van der Waals surface area contributed by atoms with Crippen molar-refractivity contribution in [2.24, 2.45) is 0 Å². The number of unbranched alkanes of at least 4 members (excludes halogenated alkanes) is 1. The summed E-state index contributed by atoms with van der Waals surface area (Å²) in [5.41, 5.74) is 0. The van der Waals surface area contributed by atoms with E-state index in [-0.39, 0.29) is 13.2 Å². The quantitative estimate of drug-likeness (QED) is 0.728. The van der Waals surface area contributed by atoms with Crippen LogP contribution in [-0.4, -0.2) is 48.2 Å². The second-order valence-electron chi connectivity index (χ2n) is 4.17. The molecular weight excluding hydrogens is 267 g/mol. The van der Waals surface area contributed by atoms with E-state index in [9.17, 15) is 4.57 Å². The number of phosphoric acid groups is 1. The summed E-state index contributed by atoms with van der Waals surface area (Å²) in [6.07, 6.45) is 6.87. The Kier molecular flexibility index (Phi) is 9.97. The predicted octanol–water partition coefficient (Wildman–Crippen LogP) is 2.62. The summed E-state index contributed by atoms with van der Waals surface area (Å²) in [7, 11) is -1.59. The highest BCUT2D eigenvalue weighted by Crippen LogP contribution is 2.42. The Morgan fingerprint density at radius 2 is 1.79 bits per heavy atom. The molecule has 0 aliphatic carbocycles. The molecule has 0 aromatic carbocycles. The van der Waals surface area contributed by atoms with Gasteiger partial charge in [0.25, 0.3) is 0 Å². The third-order valence-corrected chi connectivity index (χ3v) is 3.49. The molecule has 0 radical (unpaired) electrons. The molecule has 7 heteroatoms. The first kappa shape index (κ1) is 18.4. The molecule has 0 bridgehead atoms. The average molecular weight is 294 g/mol. The molecule has 1 aliphatic rings. The summed E-state index contributed by atoms with van der Waals surface area (Å²) in [6.45, 7) is 8.13. The van der Waals surface area contributed by atoms with Crippen LogP contribution in [0.2, 0.25) is 0 Å². The fourth-order valence-electron chi connectivity index (χ4n) is 1.46. The molecule has 0 saturated carbocycles. The summed E-state index contributed by atoms with van der Waals surface area (Å²) < 4.78 is 19.2. The first-order valence-electron chi connectivity index (χ1n) is 6.69. The van der Waals surface area contributed by atoms with Crippen molar-refractivity contribution in [1.82, 2.24) is 9.80 Å². The molecule has 0 aromatic rings. The lowest BCUT2D eigenvalue weighted by molar-refractivity contribution is 0.161. The van der Waals surface area contributed by atoms with Gasteiger partial charge in [0.15, 0.2) is 0 Å². The van der Waals surface area contributed by atoms with Gasteiger partial charge in [-0.3, -0.25) is 9.05 Å². The topological polar surface area (TPSA) is 62.2 Å². The standard InChI is InChI=1S/C8H16N2.C4H11O4P/c1-3-4-5-10-7-6-9(2)8-10;1-3-7-9(5,6)8-4-2/h6-7H,3-5,8H2,1-2H3;3-4H2,1-2H3,(H,5,6). The van der Waals surface area contributed by atoms with Crippen LogP contribution < -0.4 is 0 Å². The normalized spacial score (nSPS) is 14.6. The average Bonchev–Trinajstić information content (AvgIpc) is 2.73. The summed E-state index contributed by atoms with van der Waals surface area (Å²) in [5, 5.41) is 0. The highest BCUT2D eigenvalue weighted by atomic mass is 31.2. The maximum atomic E-state index is 10.5. The van der Waals surface area contributed by atoms with Gasteiger partial charge in [-0.2, -0.15) is 0 Å². The van der Waals surface area contributed by atoms with Gasteiger partial charge < -0.3 is 14.7 Å². The van der Waals surface area contributed by atoms with Crippen LogP contribution in [0.4, 0.5) is 0 Å². The molecule has 0 aromatic heterocycles. The minimum absolute atomic E-state index is 0.188. The number of rotatable bonds is 7. The Bertz CT molecular complexity index is 289. The predicted molar refractivity (Wildman–Crippen MR) is 76.5 cm³/mol. The highest BCUT2D eigenvalue weighted by Gasteiger charge is 2.17. The van der Waals surface area contributed by atoms with E-state index < -0.39 is 7.82 Å². The highest BCUT2D eigenvalue weighted by molar-refractivity contribution is 7.47. The van der Waals surface area contributed by atoms with Gasteiger partial charge in [0.05, 0.1) is 19.9 Å². The second kappa shape index (κ2) is 10.3. The Labute approximate surface area is 116 Å². The largest absolute Gasteiger partial charge is 0.472 e. The van der Waals surface area contributed by atoms with Gasteiger partial charge in [-0.25, -0.2) is 4.57 Å². The number of nitrogens with zero attached hydrogens (tertiary/aromatic N) is 2. The van der Waals surface area contributed by atoms with E-state index in [0.29, 0.717) is 0 Å². The van der Waals surface area contributed by atoms with Crippen LogP contribution in [0.1, 0.15) is 33.6 Å². The lowest BCUT2D eigenvalue weighted by Crippen LogP contribution is -2.23. The summed E-state index contributed by atoms with van der Waals surface area (Å²) >= 11 is 0. The monoisotopic (exact) mass is 294 g/mol. The minimum atomic E-state index is -3.69. The third-order valence-electron chi connectivity index (χ3n) is 2.32. The van der Waals surface area contributed by atoms with Crippen molar-refractivity contribution in [3.63, 3.8) is 0 Å². The van der Waals surface area contributed by atoms with Crippen molar-refractivity contribution >= 4 is 7.82 Å². The van der Waals surface area contributed by atoms with E-state index in [2.05, 4.69) is 45.2 Å². The van der Waals surface area contributed by atoms with Crippen LogP contribution in [0.25, 0.3) is 0 Å². The van der Waals surface area contributed by atoms with Gasteiger partial charge in [-0.1, -0.05) is 13.3 Å². The molecule has 1 N–H and O–H groups in total. The van der Waals surface area contributed by atoms with E-state index in [4.69, 9.17) is 4.89 Å². The van der Waals surface area contributed by atoms with Gasteiger partial charge >= 0.3 is 7.82 Å². The van der Waals surface area contributed by atoms with E-state index in [1.165, 1.54) is 19.4 Å². The zero-order valence-electron chi connectivity index (χ0n) is 12.4. The number of hydrogen-bond acceptors (Lipinski definition) is 5. The zero-order chi connectivity index (χ0) is 14.7. The molecule has 0 unspecified atom stereocenters. The van der Waals surface area contributed by atoms with E-state index in [1.54, 1.807) is 13.8 Å². The van der Waals surface area contributed by atoms with E-state index in [0.717, 1.165) is 6.67 Å². The molecule has 6 nitrogen and oxygen atoms in total. The minimum Gasteiger partial charge on any atom is -0.362 e. The lowest BCUT2D eigenvalue weighted by Gasteiger charge is -2.17. The molecule has 0 amide bonds. The molecule has 1 aliphatic heterocycles. The molecule has 114 valence electrons. The number of phosphoric ester groups is 1. The second-order valence-corrected chi connectivity index (χ2v) is 5.62. The Morgan fingerprint density at radius 1 is 1.21 bits per heavy atom. The van der Waals surface area contributed by atoms with Gasteiger partial charge in [0.2, 0.25) is 0 Å². The van der Waals surface area contributed by atoms with Crippen LogP contribution in [-0.2, 0) is 13.6 Å². The first-order chi connectivity index (χ1) is 8.95. The molecule has 1 rings (SSSR count).